The van der Waals surface area contributed by atoms with E-state index in [0.29, 0.717) is 23.6 Å². The lowest BCUT2D eigenvalue weighted by molar-refractivity contribution is 0.0580. The largest absolute Gasteiger partial charge is 0.381 e. The van der Waals surface area contributed by atoms with Crippen molar-refractivity contribution in [3.05, 3.63) is 46.3 Å². The summed E-state index contributed by atoms with van der Waals surface area (Å²) >= 11 is 0. The second-order valence-electron chi connectivity index (χ2n) is 9.09. The number of aromatic nitrogens is 5. The SMILES string of the molecule is CC(CCCc1cccc2nc(-c3ncnc(C(=N)N)n3)c(=O)[nH]c12)N1C(C)CCCC1C. The maximum atomic E-state index is 12.8. The van der Waals surface area contributed by atoms with Crippen molar-refractivity contribution in [2.75, 3.05) is 0 Å². The van der Waals surface area contributed by atoms with Crippen molar-refractivity contribution >= 4 is 16.9 Å². The summed E-state index contributed by atoms with van der Waals surface area (Å²) in [5.41, 5.74) is 7.68. The molecule has 2 aromatic heterocycles. The quantitative estimate of drug-likeness (QED) is 0.373. The Morgan fingerprint density at radius 1 is 1.24 bits per heavy atom. The Kier molecular flexibility index (Phi) is 6.78. The molecule has 0 spiro atoms. The summed E-state index contributed by atoms with van der Waals surface area (Å²) in [7, 11) is 0. The molecule has 1 aromatic carbocycles. The van der Waals surface area contributed by atoms with E-state index in [9.17, 15) is 4.79 Å². The summed E-state index contributed by atoms with van der Waals surface area (Å²) in [6.07, 6.45) is 8.13. The minimum Gasteiger partial charge on any atom is -0.381 e. The van der Waals surface area contributed by atoms with Crippen molar-refractivity contribution in [2.24, 2.45) is 5.73 Å². The Bertz CT molecular complexity index is 1200. The fourth-order valence-electron chi connectivity index (χ4n) is 5.12. The summed E-state index contributed by atoms with van der Waals surface area (Å²) in [6, 6.07) is 7.68. The van der Waals surface area contributed by atoms with Crippen LogP contribution in [-0.2, 0) is 6.42 Å². The number of nitrogens with zero attached hydrogens (tertiary/aromatic N) is 5. The smallest absolute Gasteiger partial charge is 0.278 e. The monoisotopic (exact) mass is 448 g/mol. The highest BCUT2D eigenvalue weighted by atomic mass is 16.1. The van der Waals surface area contributed by atoms with Gasteiger partial charge in [0.1, 0.15) is 6.33 Å². The van der Waals surface area contributed by atoms with Gasteiger partial charge in [0.25, 0.3) is 5.56 Å². The molecular formula is C24H32N8O. The number of H-pyrrole nitrogens is 1. The van der Waals surface area contributed by atoms with Crippen LogP contribution in [0.5, 0.6) is 0 Å². The van der Waals surface area contributed by atoms with Crippen molar-refractivity contribution in [1.82, 2.24) is 29.8 Å². The molecule has 9 heteroatoms. The third-order valence-electron chi connectivity index (χ3n) is 6.68. The van der Waals surface area contributed by atoms with Gasteiger partial charge in [-0.1, -0.05) is 18.6 Å². The average molecular weight is 449 g/mol. The minimum absolute atomic E-state index is 0.0153. The van der Waals surface area contributed by atoms with Gasteiger partial charge in [0.05, 0.1) is 11.0 Å². The molecule has 1 aliphatic rings. The van der Waals surface area contributed by atoms with E-state index in [2.05, 4.69) is 50.6 Å². The first-order valence-corrected chi connectivity index (χ1v) is 11.7. The predicted molar refractivity (Wildman–Crippen MR) is 129 cm³/mol. The Hall–Kier alpha value is -3.20. The van der Waals surface area contributed by atoms with E-state index < -0.39 is 0 Å². The highest BCUT2D eigenvalue weighted by Crippen LogP contribution is 2.27. The van der Waals surface area contributed by atoms with E-state index in [1.807, 2.05) is 18.2 Å². The molecule has 0 radical (unpaired) electrons. The lowest BCUT2D eigenvalue weighted by Gasteiger charge is -2.43. The number of fused-ring (bicyclic) bond motifs is 1. The average Bonchev–Trinajstić information content (AvgIpc) is 2.79. The number of para-hydroxylation sites is 1. The molecule has 174 valence electrons. The Morgan fingerprint density at radius 2 is 2.00 bits per heavy atom. The number of benzene rings is 1. The standard InChI is InChI=1S/C24H32N8O/c1-14-7-4-8-15(2)32(14)16(3)9-5-10-17-11-6-12-18-19(17)30-24(33)20(29-18)22-27-13-28-23(31-22)21(25)26/h6,11-16H,4-5,7-10H2,1-3H3,(H3,25,26)(H,30,33). The lowest BCUT2D eigenvalue weighted by atomic mass is 9.93. The van der Waals surface area contributed by atoms with Gasteiger partial charge < -0.3 is 10.7 Å². The van der Waals surface area contributed by atoms with Gasteiger partial charge in [0, 0.05) is 18.1 Å². The molecule has 33 heavy (non-hydrogen) atoms. The molecule has 4 N–H and O–H groups in total. The second kappa shape index (κ2) is 9.74. The van der Waals surface area contributed by atoms with Crippen LogP contribution < -0.4 is 11.3 Å². The molecule has 0 aliphatic carbocycles. The third kappa shape index (κ3) is 4.93. The first-order valence-electron chi connectivity index (χ1n) is 11.7. The number of aryl methyl sites for hydroxylation is 1. The molecule has 3 heterocycles. The molecule has 3 atom stereocenters. The van der Waals surface area contributed by atoms with E-state index in [-0.39, 0.29) is 28.7 Å². The molecule has 9 nitrogen and oxygen atoms in total. The van der Waals surface area contributed by atoms with Crippen molar-refractivity contribution in [3.63, 3.8) is 0 Å². The van der Waals surface area contributed by atoms with E-state index >= 15 is 0 Å². The van der Waals surface area contributed by atoms with Gasteiger partial charge in [0.15, 0.2) is 23.2 Å². The van der Waals surface area contributed by atoms with Crippen LogP contribution in [-0.4, -0.2) is 53.8 Å². The van der Waals surface area contributed by atoms with E-state index in [1.165, 1.54) is 25.6 Å². The van der Waals surface area contributed by atoms with Gasteiger partial charge in [-0.15, -0.1) is 0 Å². The Labute approximate surface area is 193 Å². The number of hydrogen-bond acceptors (Lipinski definition) is 7. The summed E-state index contributed by atoms with van der Waals surface area (Å²) in [5, 5.41) is 7.51. The highest BCUT2D eigenvalue weighted by molar-refractivity contribution is 5.91. The van der Waals surface area contributed by atoms with Crippen LogP contribution in [0.2, 0.25) is 0 Å². The first-order chi connectivity index (χ1) is 15.8. The van der Waals surface area contributed by atoms with E-state index in [0.717, 1.165) is 30.3 Å². The summed E-state index contributed by atoms with van der Waals surface area (Å²) < 4.78 is 0. The number of rotatable bonds is 7. The lowest BCUT2D eigenvalue weighted by Crippen LogP contribution is -2.48. The van der Waals surface area contributed by atoms with Crippen molar-refractivity contribution in [2.45, 2.75) is 77.4 Å². The summed E-state index contributed by atoms with van der Waals surface area (Å²) in [6.45, 7) is 7.02. The maximum absolute atomic E-state index is 12.8. The minimum atomic E-state index is -0.375. The van der Waals surface area contributed by atoms with Crippen molar-refractivity contribution < 1.29 is 0 Å². The van der Waals surface area contributed by atoms with Crippen LogP contribution in [0.3, 0.4) is 0 Å². The number of likely N-dealkylation sites (tertiary alicyclic amines) is 1. The first kappa shape index (κ1) is 23.0. The Morgan fingerprint density at radius 3 is 2.73 bits per heavy atom. The molecule has 0 bridgehead atoms. The number of amidine groups is 1. The summed E-state index contributed by atoms with van der Waals surface area (Å²) in [4.78, 5) is 35.0. The second-order valence-corrected chi connectivity index (χ2v) is 9.09. The van der Waals surface area contributed by atoms with Gasteiger partial charge in [-0.3, -0.25) is 15.1 Å². The third-order valence-corrected chi connectivity index (χ3v) is 6.68. The van der Waals surface area contributed by atoms with Crippen molar-refractivity contribution in [1.29, 1.82) is 5.41 Å². The molecule has 0 amide bonds. The Balaban J connectivity index is 1.53. The molecule has 3 unspecified atom stereocenters. The fraction of sp³-hybridized carbons (Fsp3) is 0.500. The normalized spacial score (nSPS) is 20.1. The number of nitrogens with two attached hydrogens (primary N) is 1. The summed E-state index contributed by atoms with van der Waals surface area (Å²) in [5.74, 6) is -0.176. The van der Waals surface area contributed by atoms with Gasteiger partial charge in [0.2, 0.25) is 0 Å². The number of aromatic amines is 1. The van der Waals surface area contributed by atoms with Gasteiger partial charge >= 0.3 is 0 Å². The number of piperidine rings is 1. The molecule has 1 fully saturated rings. The molecule has 4 rings (SSSR count). The molecule has 3 aromatic rings. The number of nitrogens with one attached hydrogen (secondary N) is 2. The molecular weight excluding hydrogens is 416 g/mol. The van der Waals surface area contributed by atoms with Crippen LogP contribution in [0.1, 0.15) is 64.3 Å². The topological polar surface area (TPSA) is 138 Å². The van der Waals surface area contributed by atoms with Gasteiger partial charge in [-0.2, -0.15) is 0 Å². The van der Waals surface area contributed by atoms with Gasteiger partial charge in [-0.05, 0) is 64.5 Å². The van der Waals surface area contributed by atoms with Gasteiger partial charge in [-0.25, -0.2) is 19.9 Å². The number of hydrogen-bond donors (Lipinski definition) is 3. The van der Waals surface area contributed by atoms with Crippen LogP contribution in [0.25, 0.3) is 22.6 Å². The van der Waals surface area contributed by atoms with Crippen molar-refractivity contribution in [3.8, 4) is 11.5 Å². The van der Waals surface area contributed by atoms with Crippen LogP contribution in [0.15, 0.2) is 29.3 Å². The highest BCUT2D eigenvalue weighted by Gasteiger charge is 2.28. The zero-order valence-corrected chi connectivity index (χ0v) is 19.5. The van der Waals surface area contributed by atoms with E-state index in [1.54, 1.807) is 0 Å². The molecule has 0 saturated carbocycles. The zero-order chi connectivity index (χ0) is 23.5. The molecule has 1 saturated heterocycles. The van der Waals surface area contributed by atoms with Crippen LogP contribution in [0, 0.1) is 5.41 Å². The zero-order valence-electron chi connectivity index (χ0n) is 19.5. The predicted octanol–water partition coefficient (Wildman–Crippen LogP) is 3.03. The molecule has 1 aliphatic heterocycles. The maximum Gasteiger partial charge on any atom is 0.278 e. The van der Waals surface area contributed by atoms with Crippen LogP contribution in [0.4, 0.5) is 0 Å². The van der Waals surface area contributed by atoms with E-state index in [4.69, 9.17) is 11.1 Å². The number of nitrogen functional groups attached to an aromatic ring is 1. The fourth-order valence-corrected chi connectivity index (χ4v) is 5.12. The van der Waals surface area contributed by atoms with Crippen LogP contribution >= 0.6 is 0 Å².